The monoisotopic (exact) mass is 515 g/mol. The van der Waals surface area contributed by atoms with Gasteiger partial charge in [-0.05, 0) is 60.2 Å². The van der Waals surface area contributed by atoms with Crippen molar-refractivity contribution in [1.29, 1.82) is 0 Å². The van der Waals surface area contributed by atoms with Crippen LogP contribution in [0.15, 0.2) is 77.4 Å². The summed E-state index contributed by atoms with van der Waals surface area (Å²) in [6.07, 6.45) is 6.75. The molecule has 2 aromatic carbocycles. The summed E-state index contributed by atoms with van der Waals surface area (Å²) >= 11 is 3.49. The minimum Gasteiger partial charge on any atom is -0.326 e. The summed E-state index contributed by atoms with van der Waals surface area (Å²) in [5, 5.41) is 3.86. The van der Waals surface area contributed by atoms with Gasteiger partial charge in [0.2, 0.25) is 17.7 Å². The van der Waals surface area contributed by atoms with Gasteiger partial charge in [0.15, 0.2) is 0 Å². The van der Waals surface area contributed by atoms with E-state index in [0.717, 1.165) is 27.4 Å². The van der Waals surface area contributed by atoms with E-state index in [1.807, 2.05) is 48.5 Å². The number of carbonyl (C=O) groups excluding carboxylic acids is 3. The van der Waals surface area contributed by atoms with Gasteiger partial charge >= 0.3 is 0 Å². The number of allylic oxidation sites excluding steroid dienone is 2. The summed E-state index contributed by atoms with van der Waals surface area (Å²) in [6, 6.07) is 16.1. The van der Waals surface area contributed by atoms with Crippen molar-refractivity contribution < 1.29 is 14.4 Å². The number of hydrogen-bond acceptors (Lipinski definition) is 4. The summed E-state index contributed by atoms with van der Waals surface area (Å²) in [6.45, 7) is 0. The molecule has 34 heavy (non-hydrogen) atoms. The molecule has 1 aliphatic heterocycles. The van der Waals surface area contributed by atoms with Crippen molar-refractivity contribution in [2.45, 2.75) is 18.9 Å². The number of benzene rings is 2. The van der Waals surface area contributed by atoms with Crippen LogP contribution >= 0.6 is 15.9 Å². The summed E-state index contributed by atoms with van der Waals surface area (Å²) in [4.78, 5) is 45.8. The Labute approximate surface area is 205 Å². The predicted molar refractivity (Wildman–Crippen MR) is 131 cm³/mol. The van der Waals surface area contributed by atoms with Crippen molar-refractivity contribution in [2.75, 3.05) is 5.32 Å². The zero-order chi connectivity index (χ0) is 23.4. The molecule has 1 saturated heterocycles. The number of amides is 3. The molecule has 0 radical (unpaired) electrons. The molecule has 3 amide bonds. The van der Waals surface area contributed by atoms with Gasteiger partial charge in [-0.1, -0.05) is 46.3 Å². The van der Waals surface area contributed by atoms with Crippen LogP contribution in [0.25, 0.3) is 10.9 Å². The Morgan fingerprint density at radius 2 is 1.79 bits per heavy atom. The number of halogens is 1. The lowest BCUT2D eigenvalue weighted by Gasteiger charge is -2.28. The molecule has 170 valence electrons. The average Bonchev–Trinajstić information content (AvgIpc) is 3.51. The second-order valence-corrected chi connectivity index (χ2v) is 10.2. The van der Waals surface area contributed by atoms with Crippen molar-refractivity contribution in [3.63, 3.8) is 0 Å². The van der Waals surface area contributed by atoms with Gasteiger partial charge in [0, 0.05) is 21.7 Å². The van der Waals surface area contributed by atoms with Crippen LogP contribution in [0.3, 0.4) is 0 Å². The molecule has 0 spiro atoms. The molecule has 2 aliphatic carbocycles. The van der Waals surface area contributed by atoms with Gasteiger partial charge in [-0.25, -0.2) is 0 Å². The van der Waals surface area contributed by atoms with Crippen LogP contribution in [-0.2, 0) is 14.4 Å². The third kappa shape index (κ3) is 3.46. The fourth-order valence-electron chi connectivity index (χ4n) is 5.85. The van der Waals surface area contributed by atoms with Gasteiger partial charge in [-0.3, -0.25) is 24.3 Å². The van der Waals surface area contributed by atoms with Crippen LogP contribution in [0.1, 0.15) is 24.4 Å². The molecule has 6 nitrogen and oxygen atoms in total. The third-order valence-electron chi connectivity index (χ3n) is 7.32. The predicted octanol–water partition coefficient (Wildman–Crippen LogP) is 4.87. The van der Waals surface area contributed by atoms with Crippen LogP contribution in [0.5, 0.6) is 0 Å². The Morgan fingerprint density at radius 3 is 2.53 bits per heavy atom. The smallest absolute Gasteiger partial charge is 0.234 e. The second kappa shape index (κ2) is 8.17. The number of nitrogens with one attached hydrogen (secondary N) is 1. The molecule has 7 heteroatoms. The van der Waals surface area contributed by atoms with E-state index in [4.69, 9.17) is 0 Å². The molecule has 2 fully saturated rings. The van der Waals surface area contributed by atoms with Crippen molar-refractivity contribution in [1.82, 2.24) is 9.88 Å². The Bertz CT molecular complexity index is 1340. The van der Waals surface area contributed by atoms with E-state index in [2.05, 4.69) is 38.4 Å². The summed E-state index contributed by atoms with van der Waals surface area (Å²) < 4.78 is 0.832. The van der Waals surface area contributed by atoms with Crippen molar-refractivity contribution in [3.8, 4) is 0 Å². The molecular weight excluding hydrogens is 494 g/mol. The Morgan fingerprint density at radius 1 is 1.03 bits per heavy atom. The quantitative estimate of drug-likeness (QED) is 0.388. The van der Waals surface area contributed by atoms with Crippen LogP contribution in [-0.4, -0.2) is 27.6 Å². The maximum Gasteiger partial charge on any atom is 0.234 e. The minimum atomic E-state index is -0.662. The number of rotatable bonds is 5. The molecule has 2 heterocycles. The summed E-state index contributed by atoms with van der Waals surface area (Å²) in [5.74, 6) is -0.907. The lowest BCUT2D eigenvalue weighted by Crippen LogP contribution is -2.38. The Hall–Kier alpha value is -3.32. The van der Waals surface area contributed by atoms with Gasteiger partial charge < -0.3 is 5.32 Å². The number of pyridine rings is 1. The largest absolute Gasteiger partial charge is 0.326 e. The number of nitrogens with zero attached hydrogens (tertiary/aromatic N) is 2. The summed E-state index contributed by atoms with van der Waals surface area (Å²) in [7, 11) is 0. The maximum absolute atomic E-state index is 13.5. The SMILES string of the molecule is O=C(CC(c1cccc(Br)c1)N1C(=O)C2C3C=CC(C3)C2C1=O)Nc1ccc2ncccc2c1. The summed E-state index contributed by atoms with van der Waals surface area (Å²) in [5.41, 5.74) is 2.25. The first-order valence-electron chi connectivity index (χ1n) is 11.4. The third-order valence-corrected chi connectivity index (χ3v) is 7.81. The highest BCUT2D eigenvalue weighted by Crippen LogP contribution is 2.54. The van der Waals surface area contributed by atoms with Crippen molar-refractivity contribution >= 4 is 50.2 Å². The molecule has 3 aromatic rings. The highest BCUT2D eigenvalue weighted by molar-refractivity contribution is 9.10. The zero-order valence-electron chi connectivity index (χ0n) is 18.2. The molecule has 1 saturated carbocycles. The molecule has 5 unspecified atom stereocenters. The van der Waals surface area contributed by atoms with E-state index >= 15 is 0 Å². The number of hydrogen-bond donors (Lipinski definition) is 1. The molecule has 5 atom stereocenters. The molecular formula is C27H22BrN3O3. The first-order valence-corrected chi connectivity index (χ1v) is 12.2. The van der Waals surface area contributed by atoms with Crippen molar-refractivity contribution in [3.05, 3.63) is 83.0 Å². The first-order chi connectivity index (χ1) is 16.5. The molecule has 1 N–H and O–H groups in total. The van der Waals surface area contributed by atoms with Gasteiger partial charge in [0.05, 0.1) is 29.8 Å². The van der Waals surface area contributed by atoms with Crippen LogP contribution in [0.2, 0.25) is 0 Å². The highest BCUT2D eigenvalue weighted by Gasteiger charge is 2.60. The van der Waals surface area contributed by atoms with Crippen molar-refractivity contribution in [2.24, 2.45) is 23.7 Å². The number of fused-ring (bicyclic) bond motifs is 6. The molecule has 6 rings (SSSR count). The Balaban J connectivity index is 1.29. The second-order valence-electron chi connectivity index (χ2n) is 9.28. The lowest BCUT2D eigenvalue weighted by molar-refractivity contribution is -0.144. The van der Waals surface area contributed by atoms with Gasteiger partial charge in [0.1, 0.15) is 0 Å². The standard InChI is InChI=1S/C27H22BrN3O3/c28-19-5-1-3-16(12-19)22(31-26(33)24-17-6-7-18(11-17)25(24)27(31)34)14-23(32)30-20-8-9-21-15(13-20)4-2-10-29-21/h1-10,12-13,17-18,22,24-25H,11,14H2,(H,30,32). The number of aromatic nitrogens is 1. The number of carbonyl (C=O) groups is 3. The number of anilines is 1. The normalized spacial score (nSPS) is 25.7. The average molecular weight is 516 g/mol. The van der Waals surface area contributed by atoms with E-state index in [1.54, 1.807) is 12.3 Å². The van der Waals surface area contributed by atoms with Crippen LogP contribution < -0.4 is 5.32 Å². The topological polar surface area (TPSA) is 79.4 Å². The maximum atomic E-state index is 13.5. The number of likely N-dealkylation sites (tertiary alicyclic amines) is 1. The highest BCUT2D eigenvalue weighted by atomic mass is 79.9. The van der Waals surface area contributed by atoms with Gasteiger partial charge in [-0.15, -0.1) is 0 Å². The first kappa shape index (κ1) is 21.2. The minimum absolute atomic E-state index is 0.0127. The van der Waals surface area contributed by atoms with E-state index in [0.29, 0.717) is 5.69 Å². The van der Waals surface area contributed by atoms with Gasteiger partial charge in [0.25, 0.3) is 0 Å². The van der Waals surface area contributed by atoms with Gasteiger partial charge in [-0.2, -0.15) is 0 Å². The zero-order valence-corrected chi connectivity index (χ0v) is 19.8. The lowest BCUT2D eigenvalue weighted by atomic mass is 9.85. The van der Waals surface area contributed by atoms with Crippen LogP contribution in [0, 0.1) is 23.7 Å². The van der Waals surface area contributed by atoms with E-state index < -0.39 is 6.04 Å². The fraction of sp³-hybridized carbons (Fsp3) is 0.259. The van der Waals surface area contributed by atoms with E-state index in [-0.39, 0.29) is 47.8 Å². The Kier molecular flexibility index (Phi) is 5.10. The van der Waals surface area contributed by atoms with Crippen LogP contribution in [0.4, 0.5) is 5.69 Å². The molecule has 2 bridgehead atoms. The molecule has 3 aliphatic rings. The van der Waals surface area contributed by atoms with E-state index in [9.17, 15) is 14.4 Å². The fourth-order valence-corrected chi connectivity index (χ4v) is 6.26. The number of imide groups is 1. The van der Waals surface area contributed by atoms with E-state index in [1.165, 1.54) is 4.90 Å². The molecule has 1 aromatic heterocycles.